The Labute approximate surface area is 164 Å². The zero-order valence-corrected chi connectivity index (χ0v) is 15.9. The number of benzene rings is 1. The predicted octanol–water partition coefficient (Wildman–Crippen LogP) is 2.52. The maximum atomic E-state index is 12.1. The van der Waals surface area contributed by atoms with E-state index in [4.69, 9.17) is 4.74 Å². The molecule has 28 heavy (non-hydrogen) atoms. The molecule has 0 aliphatic rings. The molecule has 0 aliphatic carbocycles. The van der Waals surface area contributed by atoms with E-state index in [0.29, 0.717) is 0 Å². The largest absolute Gasteiger partial charge is 0.465 e. The molecule has 1 aromatic heterocycles. The average Bonchev–Trinajstić information content (AvgIpc) is 3.23. The molecular weight excluding hydrogens is 386 g/mol. The van der Waals surface area contributed by atoms with Crippen LogP contribution in [0.4, 0.5) is 5.69 Å². The van der Waals surface area contributed by atoms with Crippen LogP contribution in [0.1, 0.15) is 25.6 Å². The summed E-state index contributed by atoms with van der Waals surface area (Å²) in [5.41, 5.74) is 0.193. The van der Waals surface area contributed by atoms with Gasteiger partial charge in [0.05, 0.1) is 31.0 Å². The summed E-state index contributed by atoms with van der Waals surface area (Å²) < 4.78 is 14.1. The summed E-state index contributed by atoms with van der Waals surface area (Å²) in [7, 11) is 2.39. The molecule has 1 N–H and O–H groups in total. The number of carbonyl (C=O) groups excluding carboxylic acids is 4. The number of amides is 1. The lowest BCUT2D eigenvalue weighted by molar-refractivity contribution is -0.142. The average molecular weight is 403 g/mol. The van der Waals surface area contributed by atoms with E-state index < -0.39 is 30.4 Å². The Kier molecular flexibility index (Phi) is 7.46. The molecule has 0 fully saturated rings. The van der Waals surface area contributed by atoms with E-state index in [1.165, 1.54) is 49.8 Å². The van der Waals surface area contributed by atoms with E-state index >= 15 is 0 Å². The fourth-order valence-corrected chi connectivity index (χ4v) is 2.71. The van der Waals surface area contributed by atoms with Crippen LogP contribution in [0.2, 0.25) is 0 Å². The molecule has 146 valence electrons. The van der Waals surface area contributed by atoms with Gasteiger partial charge in [-0.25, -0.2) is 14.4 Å². The monoisotopic (exact) mass is 403 g/mol. The van der Waals surface area contributed by atoms with Crippen LogP contribution in [0.15, 0.2) is 41.8 Å². The van der Waals surface area contributed by atoms with Gasteiger partial charge >= 0.3 is 17.9 Å². The Hall–Kier alpha value is -3.46. The van der Waals surface area contributed by atoms with Crippen LogP contribution in [0, 0.1) is 0 Å². The van der Waals surface area contributed by atoms with Crippen LogP contribution in [0.3, 0.4) is 0 Å². The van der Waals surface area contributed by atoms with Gasteiger partial charge in [0.1, 0.15) is 0 Å². The summed E-state index contributed by atoms with van der Waals surface area (Å²) in [6.07, 6.45) is 2.77. The lowest BCUT2D eigenvalue weighted by Crippen LogP contribution is -2.22. The Morgan fingerprint density at radius 1 is 1.07 bits per heavy atom. The minimum atomic E-state index is -0.706. The zero-order chi connectivity index (χ0) is 20.5. The number of esters is 3. The molecule has 8 nitrogen and oxygen atoms in total. The highest BCUT2D eigenvalue weighted by atomic mass is 32.1. The van der Waals surface area contributed by atoms with Crippen LogP contribution in [0.25, 0.3) is 6.08 Å². The molecule has 0 saturated carbocycles. The highest BCUT2D eigenvalue weighted by molar-refractivity contribution is 7.10. The molecular formula is C19H17NO7S. The molecule has 0 bridgehead atoms. The van der Waals surface area contributed by atoms with Gasteiger partial charge in [0.25, 0.3) is 5.91 Å². The van der Waals surface area contributed by atoms with E-state index in [0.717, 1.165) is 4.88 Å². The molecule has 2 rings (SSSR count). The molecule has 2 aromatic rings. The van der Waals surface area contributed by atoms with Crippen molar-refractivity contribution in [2.75, 3.05) is 26.1 Å². The molecule has 1 aromatic carbocycles. The number of ether oxygens (including phenoxy) is 3. The molecule has 9 heteroatoms. The fourth-order valence-electron chi connectivity index (χ4n) is 2.09. The Balaban J connectivity index is 2.03. The zero-order valence-electron chi connectivity index (χ0n) is 15.1. The van der Waals surface area contributed by atoms with Crippen molar-refractivity contribution >= 4 is 46.9 Å². The van der Waals surface area contributed by atoms with Crippen LogP contribution in [-0.2, 0) is 23.8 Å². The topological polar surface area (TPSA) is 108 Å². The highest BCUT2D eigenvalue weighted by Gasteiger charge is 2.17. The number of carbonyl (C=O) groups is 4. The first-order valence-electron chi connectivity index (χ1n) is 7.93. The number of nitrogens with one attached hydrogen (secondary N) is 1. The van der Waals surface area contributed by atoms with E-state index in [1.807, 2.05) is 17.5 Å². The minimum absolute atomic E-state index is 0.0323. The van der Waals surface area contributed by atoms with Crippen molar-refractivity contribution in [3.8, 4) is 0 Å². The molecule has 0 atom stereocenters. The van der Waals surface area contributed by atoms with Crippen LogP contribution < -0.4 is 5.32 Å². The molecule has 1 heterocycles. The van der Waals surface area contributed by atoms with Crippen molar-refractivity contribution in [2.45, 2.75) is 0 Å². The Bertz CT molecular complexity index is 903. The van der Waals surface area contributed by atoms with Gasteiger partial charge in [-0.05, 0) is 35.7 Å². The van der Waals surface area contributed by atoms with Gasteiger partial charge in [-0.15, -0.1) is 11.3 Å². The molecule has 0 aliphatic heterocycles. The minimum Gasteiger partial charge on any atom is -0.465 e. The summed E-state index contributed by atoms with van der Waals surface area (Å²) in [5, 5.41) is 4.28. The predicted molar refractivity (Wildman–Crippen MR) is 102 cm³/mol. The van der Waals surface area contributed by atoms with E-state index in [2.05, 4.69) is 14.8 Å². The summed E-state index contributed by atoms with van der Waals surface area (Å²) >= 11 is 1.45. The third-order valence-corrected chi connectivity index (χ3v) is 4.23. The van der Waals surface area contributed by atoms with Gasteiger partial charge < -0.3 is 19.5 Å². The molecule has 0 saturated heterocycles. The van der Waals surface area contributed by atoms with E-state index in [9.17, 15) is 19.2 Å². The third kappa shape index (κ3) is 5.78. The van der Waals surface area contributed by atoms with Gasteiger partial charge in [0, 0.05) is 11.0 Å². The first kappa shape index (κ1) is 20.8. The molecule has 0 radical (unpaired) electrons. The number of hydrogen-bond acceptors (Lipinski definition) is 8. The Morgan fingerprint density at radius 3 is 2.46 bits per heavy atom. The SMILES string of the molecule is COC(=O)c1ccc(C(=O)OC)c(NC(=O)COC(=O)/C=C/c2cccs2)c1. The first-order valence-corrected chi connectivity index (χ1v) is 8.81. The van der Waals surface area contributed by atoms with E-state index in [1.54, 1.807) is 6.08 Å². The second-order valence-electron chi connectivity index (χ2n) is 5.25. The summed E-state index contributed by atoms with van der Waals surface area (Å²) in [6.45, 7) is -0.573. The van der Waals surface area contributed by atoms with Gasteiger partial charge in [0.2, 0.25) is 0 Å². The second kappa shape index (κ2) is 10.0. The molecule has 0 unspecified atom stereocenters. The molecule has 0 spiro atoms. The normalized spacial score (nSPS) is 10.4. The quantitative estimate of drug-likeness (QED) is 0.430. The van der Waals surface area contributed by atoms with E-state index in [-0.39, 0.29) is 16.8 Å². The lowest BCUT2D eigenvalue weighted by Gasteiger charge is -2.11. The molecule has 1 amide bonds. The Morgan fingerprint density at radius 2 is 1.82 bits per heavy atom. The van der Waals surface area contributed by atoms with Gasteiger partial charge in [-0.1, -0.05) is 6.07 Å². The number of hydrogen-bond donors (Lipinski definition) is 1. The smallest absolute Gasteiger partial charge is 0.339 e. The van der Waals surface area contributed by atoms with Crippen LogP contribution >= 0.6 is 11.3 Å². The number of anilines is 1. The van der Waals surface area contributed by atoms with Crippen molar-refractivity contribution in [1.29, 1.82) is 0 Å². The summed E-state index contributed by atoms with van der Waals surface area (Å²) in [4.78, 5) is 48.1. The number of methoxy groups -OCH3 is 2. The van der Waals surface area contributed by atoms with Crippen molar-refractivity contribution in [3.63, 3.8) is 0 Å². The van der Waals surface area contributed by atoms with Gasteiger partial charge in [-0.3, -0.25) is 4.79 Å². The number of rotatable bonds is 7. The van der Waals surface area contributed by atoms with Crippen molar-refractivity contribution in [3.05, 3.63) is 57.8 Å². The second-order valence-corrected chi connectivity index (χ2v) is 6.23. The summed E-state index contributed by atoms with van der Waals surface area (Å²) in [6, 6.07) is 7.62. The number of thiophene rings is 1. The first-order chi connectivity index (χ1) is 13.4. The van der Waals surface area contributed by atoms with Crippen molar-refractivity contribution in [1.82, 2.24) is 0 Å². The third-order valence-electron chi connectivity index (χ3n) is 3.39. The fraction of sp³-hybridized carbons (Fsp3) is 0.158. The maximum absolute atomic E-state index is 12.1. The summed E-state index contributed by atoms with van der Waals surface area (Å²) in [5.74, 6) is -2.73. The van der Waals surface area contributed by atoms with Gasteiger partial charge in [0.15, 0.2) is 6.61 Å². The standard InChI is InChI=1S/C19H17NO7S/c1-25-18(23)12-5-7-14(19(24)26-2)15(10-12)20-16(21)11-27-17(22)8-6-13-4-3-9-28-13/h3-10H,11H2,1-2H3,(H,20,21)/b8-6+. The van der Waals surface area contributed by atoms with Gasteiger partial charge in [-0.2, -0.15) is 0 Å². The van der Waals surface area contributed by atoms with Crippen LogP contribution in [0.5, 0.6) is 0 Å². The lowest BCUT2D eigenvalue weighted by atomic mass is 10.1. The van der Waals surface area contributed by atoms with Crippen molar-refractivity contribution < 1.29 is 33.4 Å². The maximum Gasteiger partial charge on any atom is 0.339 e. The van der Waals surface area contributed by atoms with Crippen molar-refractivity contribution in [2.24, 2.45) is 0 Å². The van der Waals surface area contributed by atoms with Crippen LogP contribution in [-0.4, -0.2) is 44.6 Å². The highest BCUT2D eigenvalue weighted by Crippen LogP contribution is 2.20.